The van der Waals surface area contributed by atoms with Crippen LogP contribution in [0.5, 0.6) is 5.75 Å². The van der Waals surface area contributed by atoms with Crippen LogP contribution in [0.1, 0.15) is 12.8 Å². The monoisotopic (exact) mass is 227 g/mol. The van der Waals surface area contributed by atoms with Gasteiger partial charge in [0.1, 0.15) is 11.6 Å². The molecule has 2 aromatic rings. The van der Waals surface area contributed by atoms with Crippen molar-refractivity contribution in [3.05, 3.63) is 36.5 Å². The van der Waals surface area contributed by atoms with Gasteiger partial charge in [-0.2, -0.15) is 0 Å². The highest BCUT2D eigenvalue weighted by Gasteiger charge is 2.23. The summed E-state index contributed by atoms with van der Waals surface area (Å²) in [5, 5.41) is 0. The minimum atomic E-state index is 0.395. The van der Waals surface area contributed by atoms with Crippen LogP contribution in [0.2, 0.25) is 0 Å². The number of rotatable bonds is 3. The summed E-state index contributed by atoms with van der Waals surface area (Å²) in [6.07, 6.45) is 4.36. The molecule has 0 atom stereocenters. The van der Waals surface area contributed by atoms with Gasteiger partial charge in [0.15, 0.2) is 5.82 Å². The van der Waals surface area contributed by atoms with Gasteiger partial charge in [-0.1, -0.05) is 12.1 Å². The van der Waals surface area contributed by atoms with E-state index in [4.69, 9.17) is 10.5 Å². The van der Waals surface area contributed by atoms with Crippen molar-refractivity contribution in [3.8, 4) is 17.1 Å². The Morgan fingerprint density at radius 2 is 2.12 bits per heavy atom. The number of benzene rings is 1. The molecule has 0 radical (unpaired) electrons. The maximum absolute atomic E-state index is 5.73. The number of anilines is 1. The molecule has 1 aliphatic carbocycles. The van der Waals surface area contributed by atoms with Crippen LogP contribution in [0.3, 0.4) is 0 Å². The third-order valence-corrected chi connectivity index (χ3v) is 2.60. The maximum atomic E-state index is 5.73. The van der Waals surface area contributed by atoms with E-state index in [1.807, 2.05) is 24.3 Å². The summed E-state index contributed by atoms with van der Waals surface area (Å²) in [5.74, 6) is 1.98. The second-order valence-electron chi connectivity index (χ2n) is 4.15. The largest absolute Gasteiger partial charge is 0.490 e. The molecule has 1 saturated carbocycles. The van der Waals surface area contributed by atoms with Crippen molar-refractivity contribution in [2.24, 2.45) is 0 Å². The zero-order valence-electron chi connectivity index (χ0n) is 9.34. The van der Waals surface area contributed by atoms with E-state index in [2.05, 4.69) is 9.97 Å². The fourth-order valence-corrected chi connectivity index (χ4v) is 1.60. The second kappa shape index (κ2) is 4.05. The Hall–Kier alpha value is -2.10. The molecule has 1 aromatic heterocycles. The Morgan fingerprint density at radius 1 is 1.24 bits per heavy atom. The molecule has 17 heavy (non-hydrogen) atoms. The first-order chi connectivity index (χ1) is 8.31. The van der Waals surface area contributed by atoms with Crippen LogP contribution >= 0.6 is 0 Å². The molecule has 2 N–H and O–H groups in total. The molecule has 0 spiro atoms. The molecule has 0 saturated heterocycles. The molecule has 4 heteroatoms. The average molecular weight is 227 g/mol. The molecule has 1 fully saturated rings. The van der Waals surface area contributed by atoms with E-state index in [0.717, 1.165) is 24.2 Å². The Morgan fingerprint density at radius 3 is 2.88 bits per heavy atom. The van der Waals surface area contributed by atoms with E-state index in [1.165, 1.54) is 0 Å². The van der Waals surface area contributed by atoms with E-state index < -0.39 is 0 Å². The highest BCUT2D eigenvalue weighted by atomic mass is 16.5. The molecule has 0 amide bonds. The number of ether oxygens (including phenoxy) is 1. The second-order valence-corrected chi connectivity index (χ2v) is 4.15. The van der Waals surface area contributed by atoms with Crippen LogP contribution in [0.25, 0.3) is 11.4 Å². The minimum Gasteiger partial charge on any atom is -0.490 e. The molecule has 1 aliphatic rings. The molecule has 3 rings (SSSR count). The van der Waals surface area contributed by atoms with Crippen LogP contribution in [-0.4, -0.2) is 16.1 Å². The summed E-state index contributed by atoms with van der Waals surface area (Å²) in [5.41, 5.74) is 6.57. The average Bonchev–Trinajstić information content (AvgIpc) is 3.13. The number of nitrogens with zero attached hydrogens (tertiary/aromatic N) is 2. The lowest BCUT2D eigenvalue weighted by molar-refractivity contribution is 0.303. The van der Waals surface area contributed by atoms with Crippen molar-refractivity contribution in [2.45, 2.75) is 18.9 Å². The van der Waals surface area contributed by atoms with Gasteiger partial charge in [0.25, 0.3) is 0 Å². The zero-order valence-corrected chi connectivity index (χ0v) is 9.34. The summed E-state index contributed by atoms with van der Waals surface area (Å²) in [6, 6.07) is 9.48. The topological polar surface area (TPSA) is 61.0 Å². The van der Waals surface area contributed by atoms with Crippen LogP contribution < -0.4 is 10.5 Å². The lowest BCUT2D eigenvalue weighted by Gasteiger charge is -2.06. The van der Waals surface area contributed by atoms with Gasteiger partial charge < -0.3 is 10.5 Å². The standard InChI is InChI=1S/C13H13N3O/c14-12-6-7-15-13(16-12)9-2-1-3-11(8-9)17-10-4-5-10/h1-3,6-8,10H,4-5H2,(H2,14,15,16). The molecule has 1 heterocycles. The zero-order chi connectivity index (χ0) is 11.7. The number of aromatic nitrogens is 2. The van der Waals surface area contributed by atoms with Gasteiger partial charge >= 0.3 is 0 Å². The Kier molecular flexibility index (Phi) is 2.40. The van der Waals surface area contributed by atoms with Crippen molar-refractivity contribution < 1.29 is 4.74 Å². The van der Waals surface area contributed by atoms with Gasteiger partial charge in [-0.05, 0) is 31.0 Å². The van der Waals surface area contributed by atoms with Crippen molar-refractivity contribution >= 4 is 5.82 Å². The van der Waals surface area contributed by atoms with E-state index in [0.29, 0.717) is 17.7 Å². The predicted octanol–water partition coefficient (Wildman–Crippen LogP) is 2.27. The first-order valence-electron chi connectivity index (χ1n) is 5.67. The smallest absolute Gasteiger partial charge is 0.161 e. The summed E-state index contributed by atoms with van der Waals surface area (Å²) < 4.78 is 5.73. The quantitative estimate of drug-likeness (QED) is 0.873. The summed E-state index contributed by atoms with van der Waals surface area (Å²) in [4.78, 5) is 8.39. The summed E-state index contributed by atoms with van der Waals surface area (Å²) >= 11 is 0. The molecule has 86 valence electrons. The van der Waals surface area contributed by atoms with Crippen LogP contribution in [-0.2, 0) is 0 Å². The maximum Gasteiger partial charge on any atom is 0.161 e. The number of hydrogen-bond donors (Lipinski definition) is 1. The first kappa shape index (κ1) is 10.1. The summed E-state index contributed by atoms with van der Waals surface area (Å²) in [6.45, 7) is 0. The molecule has 1 aromatic carbocycles. The van der Waals surface area contributed by atoms with Crippen LogP contribution in [0.4, 0.5) is 5.82 Å². The van der Waals surface area contributed by atoms with E-state index in [1.54, 1.807) is 12.3 Å². The molecule has 0 aliphatic heterocycles. The van der Waals surface area contributed by atoms with Gasteiger partial charge in [-0.15, -0.1) is 0 Å². The van der Waals surface area contributed by atoms with Gasteiger partial charge in [0.2, 0.25) is 0 Å². The third-order valence-electron chi connectivity index (χ3n) is 2.60. The molecular weight excluding hydrogens is 214 g/mol. The normalized spacial score (nSPS) is 14.6. The SMILES string of the molecule is Nc1ccnc(-c2cccc(OC3CC3)c2)n1. The van der Waals surface area contributed by atoms with Crippen molar-refractivity contribution in [3.63, 3.8) is 0 Å². The highest BCUT2D eigenvalue weighted by molar-refractivity contribution is 5.58. The van der Waals surface area contributed by atoms with Crippen molar-refractivity contribution in [2.75, 3.05) is 5.73 Å². The fourth-order valence-electron chi connectivity index (χ4n) is 1.60. The highest BCUT2D eigenvalue weighted by Crippen LogP contribution is 2.28. The summed E-state index contributed by atoms with van der Waals surface area (Å²) in [7, 11) is 0. The first-order valence-corrected chi connectivity index (χ1v) is 5.67. The molecule has 0 unspecified atom stereocenters. The van der Waals surface area contributed by atoms with Gasteiger partial charge in [0, 0.05) is 11.8 Å². The Labute approximate surface area is 99.5 Å². The number of nitrogens with two attached hydrogens (primary N) is 1. The van der Waals surface area contributed by atoms with E-state index >= 15 is 0 Å². The van der Waals surface area contributed by atoms with Gasteiger partial charge in [-0.25, -0.2) is 9.97 Å². The van der Waals surface area contributed by atoms with Crippen molar-refractivity contribution in [1.29, 1.82) is 0 Å². The number of hydrogen-bond acceptors (Lipinski definition) is 4. The van der Waals surface area contributed by atoms with E-state index in [9.17, 15) is 0 Å². The van der Waals surface area contributed by atoms with Crippen LogP contribution in [0.15, 0.2) is 36.5 Å². The van der Waals surface area contributed by atoms with E-state index in [-0.39, 0.29) is 0 Å². The molecule has 4 nitrogen and oxygen atoms in total. The minimum absolute atomic E-state index is 0.395. The lowest BCUT2D eigenvalue weighted by Crippen LogP contribution is -1.97. The van der Waals surface area contributed by atoms with Crippen molar-refractivity contribution in [1.82, 2.24) is 9.97 Å². The number of nitrogen functional groups attached to an aromatic ring is 1. The third kappa shape index (κ3) is 2.36. The van der Waals surface area contributed by atoms with Crippen LogP contribution in [0, 0.1) is 0 Å². The fraction of sp³-hybridized carbons (Fsp3) is 0.231. The molecular formula is C13H13N3O. The Bertz CT molecular complexity index is 538. The van der Waals surface area contributed by atoms with Gasteiger partial charge in [0.05, 0.1) is 6.10 Å². The van der Waals surface area contributed by atoms with Gasteiger partial charge in [-0.3, -0.25) is 0 Å². The Balaban J connectivity index is 1.91. The lowest BCUT2D eigenvalue weighted by atomic mass is 10.2. The molecule has 0 bridgehead atoms. The predicted molar refractivity (Wildman–Crippen MR) is 65.5 cm³/mol.